The maximum absolute atomic E-state index is 11.6. The topological polar surface area (TPSA) is 69.6 Å². The largest absolute Gasteiger partial charge is 0.395 e. The third kappa shape index (κ3) is 4.90. The molecular formula is C8H20N2O3S. The zero-order valence-electron chi connectivity index (χ0n) is 9.02. The fourth-order valence-corrected chi connectivity index (χ4v) is 2.31. The Hall–Kier alpha value is -0.170. The summed E-state index contributed by atoms with van der Waals surface area (Å²) >= 11 is 0. The maximum Gasteiger partial charge on any atom is 0.279 e. The zero-order valence-corrected chi connectivity index (χ0v) is 9.84. The van der Waals surface area contributed by atoms with Gasteiger partial charge in [0.15, 0.2) is 0 Å². The summed E-state index contributed by atoms with van der Waals surface area (Å²) < 4.78 is 26.8. The third-order valence-electron chi connectivity index (χ3n) is 1.72. The van der Waals surface area contributed by atoms with Crippen LogP contribution in [0.25, 0.3) is 0 Å². The molecule has 0 aliphatic rings. The van der Waals surface area contributed by atoms with Gasteiger partial charge >= 0.3 is 0 Å². The van der Waals surface area contributed by atoms with Gasteiger partial charge in [0.05, 0.1) is 6.61 Å². The Kier molecular flexibility index (Phi) is 6.26. The molecule has 0 aromatic rings. The predicted octanol–water partition coefficient (Wildman–Crippen LogP) is -0.209. The summed E-state index contributed by atoms with van der Waals surface area (Å²) in [6.07, 6.45) is 0. The molecule has 14 heavy (non-hydrogen) atoms. The van der Waals surface area contributed by atoms with Gasteiger partial charge in [0.25, 0.3) is 10.2 Å². The number of aliphatic hydroxyl groups is 1. The number of nitrogens with one attached hydrogen (secondary N) is 1. The van der Waals surface area contributed by atoms with E-state index in [1.165, 1.54) is 4.31 Å². The molecule has 0 rings (SSSR count). The number of hydrogen-bond donors (Lipinski definition) is 2. The standard InChI is InChI=1S/C8H20N2O3S/c1-4-10(5-6-11)14(12,13)9-7-8(2)3/h8-9,11H,4-7H2,1-3H3. The van der Waals surface area contributed by atoms with E-state index in [0.717, 1.165) is 0 Å². The smallest absolute Gasteiger partial charge is 0.279 e. The van der Waals surface area contributed by atoms with Crippen molar-refractivity contribution in [1.82, 2.24) is 9.03 Å². The minimum Gasteiger partial charge on any atom is -0.395 e. The van der Waals surface area contributed by atoms with E-state index in [1.54, 1.807) is 6.92 Å². The van der Waals surface area contributed by atoms with Crippen molar-refractivity contribution in [2.45, 2.75) is 20.8 Å². The van der Waals surface area contributed by atoms with Gasteiger partial charge in [-0.1, -0.05) is 20.8 Å². The Morgan fingerprint density at radius 3 is 2.36 bits per heavy atom. The number of rotatable bonds is 7. The molecule has 0 fully saturated rings. The van der Waals surface area contributed by atoms with Gasteiger partial charge in [0.1, 0.15) is 0 Å². The summed E-state index contributed by atoms with van der Waals surface area (Å²) in [6, 6.07) is 0. The quantitative estimate of drug-likeness (QED) is 0.629. The van der Waals surface area contributed by atoms with Crippen LogP contribution < -0.4 is 4.72 Å². The van der Waals surface area contributed by atoms with Crippen molar-refractivity contribution < 1.29 is 13.5 Å². The molecule has 0 saturated heterocycles. The molecule has 0 heterocycles. The second-order valence-corrected chi connectivity index (χ2v) is 5.22. The highest BCUT2D eigenvalue weighted by atomic mass is 32.2. The Balaban J connectivity index is 4.27. The fraction of sp³-hybridized carbons (Fsp3) is 1.00. The molecule has 0 amide bonds. The lowest BCUT2D eigenvalue weighted by atomic mass is 10.2. The van der Waals surface area contributed by atoms with Crippen molar-refractivity contribution >= 4 is 10.2 Å². The van der Waals surface area contributed by atoms with Crippen molar-refractivity contribution in [3.8, 4) is 0 Å². The first kappa shape index (κ1) is 13.8. The zero-order chi connectivity index (χ0) is 11.2. The van der Waals surface area contributed by atoms with E-state index in [0.29, 0.717) is 13.1 Å². The summed E-state index contributed by atoms with van der Waals surface area (Å²) in [5.41, 5.74) is 0. The van der Waals surface area contributed by atoms with Gasteiger partial charge in [0.2, 0.25) is 0 Å². The van der Waals surface area contributed by atoms with Crippen molar-refractivity contribution in [2.24, 2.45) is 5.92 Å². The van der Waals surface area contributed by atoms with Gasteiger partial charge in [-0.3, -0.25) is 0 Å². The molecule has 0 aliphatic carbocycles. The first-order valence-electron chi connectivity index (χ1n) is 4.79. The lowest BCUT2D eigenvalue weighted by molar-refractivity contribution is 0.255. The SMILES string of the molecule is CCN(CCO)S(=O)(=O)NCC(C)C. The molecule has 0 bridgehead atoms. The van der Waals surface area contributed by atoms with Crippen LogP contribution in [0.3, 0.4) is 0 Å². The number of aliphatic hydroxyl groups excluding tert-OH is 1. The number of likely N-dealkylation sites (N-methyl/N-ethyl adjacent to an activating group) is 1. The van der Waals surface area contributed by atoms with Gasteiger partial charge in [0, 0.05) is 19.6 Å². The second kappa shape index (κ2) is 6.34. The average molecular weight is 224 g/mol. The molecule has 86 valence electrons. The van der Waals surface area contributed by atoms with E-state index in [4.69, 9.17) is 5.11 Å². The van der Waals surface area contributed by atoms with Gasteiger partial charge < -0.3 is 5.11 Å². The number of nitrogens with zero attached hydrogens (tertiary/aromatic N) is 1. The second-order valence-electron chi connectivity index (χ2n) is 3.46. The summed E-state index contributed by atoms with van der Waals surface area (Å²) in [5, 5.41) is 8.67. The van der Waals surface area contributed by atoms with Crippen LogP contribution in [-0.2, 0) is 10.2 Å². The van der Waals surface area contributed by atoms with Crippen LogP contribution >= 0.6 is 0 Å². The highest BCUT2D eigenvalue weighted by Crippen LogP contribution is 1.98. The molecule has 0 aromatic heterocycles. The maximum atomic E-state index is 11.6. The highest BCUT2D eigenvalue weighted by molar-refractivity contribution is 7.87. The Bertz CT molecular complexity index is 239. The number of hydrogen-bond acceptors (Lipinski definition) is 3. The summed E-state index contributed by atoms with van der Waals surface area (Å²) in [4.78, 5) is 0. The Morgan fingerprint density at radius 2 is 2.00 bits per heavy atom. The van der Waals surface area contributed by atoms with E-state index in [9.17, 15) is 8.42 Å². The molecule has 2 N–H and O–H groups in total. The highest BCUT2D eigenvalue weighted by Gasteiger charge is 2.18. The average Bonchev–Trinajstić information content (AvgIpc) is 2.11. The van der Waals surface area contributed by atoms with Crippen molar-refractivity contribution in [1.29, 1.82) is 0 Å². The van der Waals surface area contributed by atoms with Gasteiger partial charge in [-0.15, -0.1) is 0 Å². The van der Waals surface area contributed by atoms with E-state index in [2.05, 4.69) is 4.72 Å². The summed E-state index contributed by atoms with van der Waals surface area (Å²) in [5.74, 6) is 0.276. The van der Waals surface area contributed by atoms with E-state index < -0.39 is 10.2 Å². The fourth-order valence-electron chi connectivity index (χ4n) is 0.923. The van der Waals surface area contributed by atoms with Gasteiger partial charge in [-0.2, -0.15) is 12.7 Å². The molecule has 0 radical (unpaired) electrons. The minimum absolute atomic E-state index is 0.143. The van der Waals surface area contributed by atoms with Crippen LogP contribution in [0.15, 0.2) is 0 Å². The van der Waals surface area contributed by atoms with E-state index in [1.807, 2.05) is 13.8 Å². The van der Waals surface area contributed by atoms with Crippen LogP contribution in [0.2, 0.25) is 0 Å². The molecular weight excluding hydrogens is 204 g/mol. The normalized spacial score (nSPS) is 12.7. The minimum atomic E-state index is -3.41. The third-order valence-corrected chi connectivity index (χ3v) is 3.37. The molecule has 0 aliphatic heterocycles. The van der Waals surface area contributed by atoms with Crippen LogP contribution in [0, 0.1) is 5.92 Å². The van der Waals surface area contributed by atoms with Crippen molar-refractivity contribution in [2.75, 3.05) is 26.2 Å². The van der Waals surface area contributed by atoms with Crippen molar-refractivity contribution in [3.63, 3.8) is 0 Å². The summed E-state index contributed by atoms with van der Waals surface area (Å²) in [7, 11) is -3.41. The molecule has 0 atom stereocenters. The van der Waals surface area contributed by atoms with E-state index >= 15 is 0 Å². The van der Waals surface area contributed by atoms with Gasteiger partial charge in [-0.05, 0) is 5.92 Å². The Labute approximate surface area is 86.3 Å². The predicted molar refractivity (Wildman–Crippen MR) is 56.1 cm³/mol. The molecule has 0 saturated carbocycles. The van der Waals surface area contributed by atoms with Crippen molar-refractivity contribution in [3.05, 3.63) is 0 Å². The van der Waals surface area contributed by atoms with Crippen LogP contribution in [0.4, 0.5) is 0 Å². The first-order chi connectivity index (χ1) is 6.44. The monoisotopic (exact) mass is 224 g/mol. The molecule has 5 nitrogen and oxygen atoms in total. The molecule has 0 aromatic carbocycles. The lowest BCUT2D eigenvalue weighted by Crippen LogP contribution is -2.43. The van der Waals surface area contributed by atoms with Crippen LogP contribution in [0.1, 0.15) is 20.8 Å². The van der Waals surface area contributed by atoms with Crippen LogP contribution in [-0.4, -0.2) is 44.1 Å². The summed E-state index contributed by atoms with van der Waals surface area (Å²) in [6.45, 7) is 6.39. The van der Waals surface area contributed by atoms with Crippen LogP contribution in [0.5, 0.6) is 0 Å². The van der Waals surface area contributed by atoms with Gasteiger partial charge in [-0.25, -0.2) is 4.72 Å². The lowest BCUT2D eigenvalue weighted by Gasteiger charge is -2.20. The van der Waals surface area contributed by atoms with E-state index in [-0.39, 0.29) is 19.1 Å². The molecule has 0 spiro atoms. The molecule has 6 heteroatoms. The first-order valence-corrected chi connectivity index (χ1v) is 6.23. The Morgan fingerprint density at radius 1 is 1.43 bits per heavy atom. The molecule has 0 unspecified atom stereocenters.